The van der Waals surface area contributed by atoms with E-state index in [1.165, 1.54) is 61.6 Å². The largest absolute Gasteiger partial charge is 0.337 e. The van der Waals surface area contributed by atoms with Crippen LogP contribution < -0.4 is 15.4 Å². The fraction of sp³-hybridized carbons (Fsp3) is 0.571. The lowest BCUT2D eigenvalue weighted by Crippen LogP contribution is -3.21. The van der Waals surface area contributed by atoms with Crippen molar-refractivity contribution in [1.29, 1.82) is 0 Å². The normalized spacial score (nSPS) is 33.7. The van der Waals surface area contributed by atoms with Crippen LogP contribution in [0.4, 0.5) is 0 Å². The van der Waals surface area contributed by atoms with Gasteiger partial charge in [0.1, 0.15) is 0 Å². The van der Waals surface area contributed by atoms with Crippen LogP contribution in [0.2, 0.25) is 0 Å². The topological polar surface area (TPSA) is 30.9 Å². The zero-order valence-electron chi connectivity index (χ0n) is 15.5. The van der Waals surface area contributed by atoms with Crippen LogP contribution in [0, 0.1) is 5.92 Å². The van der Waals surface area contributed by atoms with Crippen molar-refractivity contribution in [3.63, 3.8) is 0 Å². The minimum atomic E-state index is 0.196. The van der Waals surface area contributed by atoms with Gasteiger partial charge in [-0.25, -0.2) is 0 Å². The summed E-state index contributed by atoms with van der Waals surface area (Å²) in [6.07, 6.45) is 3.99. The predicted molar refractivity (Wildman–Crippen MR) is 105 cm³/mol. The number of fused-ring (bicyclic) bond motifs is 4. The molecule has 2 aromatic rings. The predicted octanol–water partition coefficient (Wildman–Crippen LogP) is 0.256. The number of nitrogens with one attached hydrogen (secondary N) is 2. The fourth-order valence-corrected chi connectivity index (χ4v) is 6.42. The van der Waals surface area contributed by atoms with E-state index in [4.69, 9.17) is 0 Å². The smallest absolute Gasteiger partial charge is 0.250 e. The zero-order valence-corrected chi connectivity index (χ0v) is 16.4. The molecule has 2 fully saturated rings. The van der Waals surface area contributed by atoms with Crippen LogP contribution >= 0.6 is 11.3 Å². The van der Waals surface area contributed by atoms with E-state index in [0.717, 1.165) is 12.6 Å². The minimum Gasteiger partial charge on any atom is -0.337 e. The van der Waals surface area contributed by atoms with Crippen molar-refractivity contribution >= 4 is 11.3 Å². The van der Waals surface area contributed by atoms with Crippen molar-refractivity contribution in [2.45, 2.75) is 37.8 Å². The third-order valence-electron chi connectivity index (χ3n) is 6.93. The van der Waals surface area contributed by atoms with E-state index >= 15 is 0 Å². The molecule has 26 heavy (non-hydrogen) atoms. The second-order valence-electron chi connectivity index (χ2n) is 8.65. The molecule has 2 bridgehead atoms. The number of hydrogen-bond acceptors (Lipinski definition) is 2. The summed E-state index contributed by atoms with van der Waals surface area (Å²) in [4.78, 5) is 17.4. The highest BCUT2D eigenvalue weighted by Gasteiger charge is 2.42. The molecule has 0 aromatic carbocycles. The standard InChI is InChI=1S/C21H27N3OS/c1-22-8-6-17(7-9-22)23-12-15-11-16(14-23)21-18(19-3-2-10-26-19)4-5-20(25)24(21)13-15/h2-5,10,15-17H,6-9,11-14H2,1H3/p+2/t15-,16+/m0/s1. The molecule has 5 rings (SSSR count). The highest BCUT2D eigenvalue weighted by atomic mass is 32.1. The van der Waals surface area contributed by atoms with E-state index in [1.54, 1.807) is 22.3 Å². The van der Waals surface area contributed by atoms with Gasteiger partial charge in [0, 0.05) is 53.4 Å². The van der Waals surface area contributed by atoms with Crippen LogP contribution in [0.5, 0.6) is 0 Å². The van der Waals surface area contributed by atoms with E-state index < -0.39 is 0 Å². The molecule has 2 N–H and O–H groups in total. The number of piperidine rings is 2. The molecule has 0 amide bonds. The van der Waals surface area contributed by atoms with Crippen molar-refractivity contribution in [2.24, 2.45) is 5.92 Å². The molecule has 3 aliphatic heterocycles. The average molecular weight is 372 g/mol. The maximum absolute atomic E-state index is 12.6. The van der Waals surface area contributed by atoms with Crippen LogP contribution in [0.25, 0.3) is 10.4 Å². The van der Waals surface area contributed by atoms with Crippen LogP contribution in [0.15, 0.2) is 34.4 Å². The third kappa shape index (κ3) is 2.86. The van der Waals surface area contributed by atoms with Crippen molar-refractivity contribution in [3.8, 4) is 10.4 Å². The van der Waals surface area contributed by atoms with Gasteiger partial charge in [0.25, 0.3) is 5.56 Å². The average Bonchev–Trinajstić information content (AvgIpc) is 3.17. The number of rotatable bonds is 2. The number of thiophene rings is 1. The first-order valence-electron chi connectivity index (χ1n) is 10.1. The Hall–Kier alpha value is -1.43. The molecule has 4 nitrogen and oxygen atoms in total. The first-order chi connectivity index (χ1) is 12.7. The van der Waals surface area contributed by atoms with Gasteiger partial charge in [0.05, 0.1) is 39.3 Å². The monoisotopic (exact) mass is 371 g/mol. The number of quaternary nitrogens is 2. The van der Waals surface area contributed by atoms with Crippen LogP contribution in [-0.4, -0.2) is 43.8 Å². The summed E-state index contributed by atoms with van der Waals surface area (Å²) in [6.45, 7) is 6.03. The van der Waals surface area contributed by atoms with Crippen LogP contribution in [-0.2, 0) is 6.54 Å². The first-order valence-corrected chi connectivity index (χ1v) is 11.0. The second-order valence-corrected chi connectivity index (χ2v) is 9.60. The molecule has 0 spiro atoms. The lowest BCUT2D eigenvalue weighted by molar-refractivity contribution is -0.959. The summed E-state index contributed by atoms with van der Waals surface area (Å²) < 4.78 is 2.11. The summed E-state index contributed by atoms with van der Waals surface area (Å²) in [5.74, 6) is 1.20. The molecule has 2 aromatic heterocycles. The Morgan fingerprint density at radius 3 is 2.77 bits per heavy atom. The van der Waals surface area contributed by atoms with Gasteiger partial charge in [0.2, 0.25) is 0 Å². The van der Waals surface area contributed by atoms with Gasteiger partial charge < -0.3 is 14.4 Å². The van der Waals surface area contributed by atoms with Crippen molar-refractivity contribution in [3.05, 3.63) is 45.7 Å². The molecule has 2 saturated heterocycles. The molecule has 5 heterocycles. The van der Waals surface area contributed by atoms with Crippen LogP contribution in [0.1, 0.15) is 30.9 Å². The van der Waals surface area contributed by atoms with Gasteiger partial charge in [-0.15, -0.1) is 11.3 Å². The summed E-state index contributed by atoms with van der Waals surface area (Å²) >= 11 is 1.79. The summed E-state index contributed by atoms with van der Waals surface area (Å²) in [5, 5.41) is 2.14. The lowest BCUT2D eigenvalue weighted by atomic mass is 9.80. The van der Waals surface area contributed by atoms with Gasteiger partial charge in [-0.1, -0.05) is 6.07 Å². The Labute approximate surface area is 159 Å². The van der Waals surface area contributed by atoms with Crippen molar-refractivity contribution in [1.82, 2.24) is 4.57 Å². The third-order valence-corrected chi connectivity index (χ3v) is 7.84. The summed E-state index contributed by atoms with van der Waals surface area (Å²) in [5.41, 5.74) is 2.82. The first kappa shape index (κ1) is 16.7. The summed E-state index contributed by atoms with van der Waals surface area (Å²) in [7, 11) is 2.33. The minimum absolute atomic E-state index is 0.196. The molecule has 1 unspecified atom stereocenters. The number of pyridine rings is 1. The Kier molecular flexibility index (Phi) is 4.26. The van der Waals surface area contributed by atoms with Crippen molar-refractivity contribution < 1.29 is 9.80 Å². The van der Waals surface area contributed by atoms with E-state index in [0.29, 0.717) is 11.8 Å². The number of hydrogen-bond donors (Lipinski definition) is 2. The van der Waals surface area contributed by atoms with Gasteiger partial charge in [-0.3, -0.25) is 4.79 Å². The number of aromatic nitrogens is 1. The highest BCUT2D eigenvalue weighted by molar-refractivity contribution is 7.13. The lowest BCUT2D eigenvalue weighted by Gasteiger charge is -2.44. The van der Waals surface area contributed by atoms with Gasteiger partial charge in [-0.2, -0.15) is 0 Å². The molecule has 3 aliphatic rings. The van der Waals surface area contributed by atoms with E-state index in [1.807, 2.05) is 4.90 Å². The molecule has 3 atom stereocenters. The SMILES string of the molecule is C[NH+]1CCC([NH+]2C[C@@H]3C[C@H](C2)c2c(-c4cccs4)ccc(=O)n2C3)CC1. The van der Waals surface area contributed by atoms with Gasteiger partial charge >= 0.3 is 0 Å². The Morgan fingerprint density at radius 1 is 1.15 bits per heavy atom. The molecule has 0 radical (unpaired) electrons. The van der Waals surface area contributed by atoms with E-state index in [2.05, 4.69) is 35.2 Å². The maximum atomic E-state index is 12.6. The quantitative estimate of drug-likeness (QED) is 0.779. The maximum Gasteiger partial charge on any atom is 0.250 e. The van der Waals surface area contributed by atoms with E-state index in [-0.39, 0.29) is 5.56 Å². The highest BCUT2D eigenvalue weighted by Crippen LogP contribution is 2.38. The number of likely N-dealkylation sites (tertiary alicyclic amines) is 2. The molecular formula is C21H29N3OS+2. The second kappa shape index (κ2) is 6.63. The Balaban J connectivity index is 1.49. The summed E-state index contributed by atoms with van der Waals surface area (Å²) in [6, 6.07) is 9.01. The molecule has 138 valence electrons. The Morgan fingerprint density at radius 2 is 2.00 bits per heavy atom. The zero-order chi connectivity index (χ0) is 17.7. The number of nitrogens with zero attached hydrogens (tertiary/aromatic N) is 1. The van der Waals surface area contributed by atoms with E-state index in [9.17, 15) is 4.79 Å². The van der Waals surface area contributed by atoms with Crippen LogP contribution in [0.3, 0.4) is 0 Å². The molecule has 0 saturated carbocycles. The van der Waals surface area contributed by atoms with Gasteiger partial charge in [0.15, 0.2) is 0 Å². The van der Waals surface area contributed by atoms with Gasteiger partial charge in [-0.05, 0) is 23.9 Å². The molecule has 0 aliphatic carbocycles. The molecule has 5 heteroatoms. The fourth-order valence-electron chi connectivity index (χ4n) is 5.66. The Bertz CT molecular complexity index is 835. The van der Waals surface area contributed by atoms with Crippen molar-refractivity contribution in [2.75, 3.05) is 33.2 Å². The molecular weight excluding hydrogens is 342 g/mol.